The number of rotatable bonds is 5. The van der Waals surface area contributed by atoms with Gasteiger partial charge in [0.15, 0.2) is 5.82 Å². The number of allylic oxidation sites excluding steroid dienone is 4. The maximum absolute atomic E-state index is 5.29. The fraction of sp³-hybridized carbons (Fsp3) is 0.0784. The van der Waals surface area contributed by atoms with Crippen molar-refractivity contribution in [1.29, 1.82) is 0 Å². The van der Waals surface area contributed by atoms with Crippen LogP contribution in [-0.4, -0.2) is 21.7 Å². The second kappa shape index (κ2) is 12.9. The summed E-state index contributed by atoms with van der Waals surface area (Å²) in [5, 5.41) is 2.32. The third-order valence-corrected chi connectivity index (χ3v) is 11.4. The normalized spacial score (nSPS) is 17.6. The van der Waals surface area contributed by atoms with E-state index < -0.39 is 0 Å². The molecule has 0 saturated carbocycles. The molecule has 0 saturated heterocycles. The molecular formula is C51H36N4. The van der Waals surface area contributed by atoms with E-state index in [1.165, 1.54) is 33.5 Å². The monoisotopic (exact) mass is 704 g/mol. The highest BCUT2D eigenvalue weighted by Gasteiger charge is 2.38. The zero-order chi connectivity index (χ0) is 36.3. The lowest BCUT2D eigenvalue weighted by molar-refractivity contribution is 0.699. The van der Waals surface area contributed by atoms with E-state index in [0.29, 0.717) is 5.92 Å². The Kier molecular flexibility index (Phi) is 7.41. The standard InChI is InChI=1S/C51H36N4/c1-4-19-40-34(12-1)15-10-21-42(40)46-32-45(53-51(54-46)43-22-11-16-35-13-2-5-20-41(35)43)38-18-9-17-37(30-38)33-26-28-36(29-27-33)50-49-31-39-14-3-7-24-47(39)55(49)48-25-8-6-23-44(48)52-50/h1-3,5-18,20-32,39,47H,4,19H2. The van der Waals surface area contributed by atoms with Crippen LogP contribution in [0.4, 0.5) is 11.4 Å². The summed E-state index contributed by atoms with van der Waals surface area (Å²) in [5.41, 5.74) is 15.5. The summed E-state index contributed by atoms with van der Waals surface area (Å²) < 4.78 is 0. The minimum absolute atomic E-state index is 0.265. The van der Waals surface area contributed by atoms with Crippen molar-refractivity contribution in [2.45, 2.75) is 18.9 Å². The lowest BCUT2D eigenvalue weighted by Crippen LogP contribution is -2.36. The molecule has 1 aromatic heterocycles. The van der Waals surface area contributed by atoms with Crippen molar-refractivity contribution >= 4 is 33.9 Å². The van der Waals surface area contributed by atoms with Gasteiger partial charge in [0.1, 0.15) is 0 Å². The molecule has 260 valence electrons. The van der Waals surface area contributed by atoms with Crippen molar-refractivity contribution in [3.63, 3.8) is 0 Å². The van der Waals surface area contributed by atoms with Gasteiger partial charge in [-0.2, -0.15) is 0 Å². The van der Waals surface area contributed by atoms with E-state index >= 15 is 0 Å². The van der Waals surface area contributed by atoms with Gasteiger partial charge in [-0.05, 0) is 76.2 Å². The quantitative estimate of drug-likeness (QED) is 0.179. The predicted molar refractivity (Wildman–Crippen MR) is 227 cm³/mol. The molecule has 0 spiro atoms. The SMILES string of the molecule is C1=CC2C=C3C(c4ccc(-c5cccc(-c6cc(-c7cccc8c7CCC=C8)nc(-c7cccc8ccccc78)n6)c5)cc4)=Nc4ccccc4N3C2C=C1. The lowest BCUT2D eigenvalue weighted by atomic mass is 9.90. The summed E-state index contributed by atoms with van der Waals surface area (Å²) in [7, 11) is 0. The number of para-hydroxylation sites is 2. The molecule has 7 aromatic rings. The van der Waals surface area contributed by atoms with Crippen LogP contribution in [0.15, 0.2) is 187 Å². The highest BCUT2D eigenvalue weighted by atomic mass is 15.2. The smallest absolute Gasteiger partial charge is 0.161 e. The van der Waals surface area contributed by atoms with Crippen LogP contribution in [0.3, 0.4) is 0 Å². The van der Waals surface area contributed by atoms with Gasteiger partial charge >= 0.3 is 0 Å². The number of fused-ring (bicyclic) bond motifs is 7. The Labute approximate surface area is 320 Å². The van der Waals surface area contributed by atoms with Crippen LogP contribution in [0, 0.1) is 5.92 Å². The molecule has 2 aliphatic carbocycles. The van der Waals surface area contributed by atoms with Gasteiger partial charge in [-0.25, -0.2) is 15.0 Å². The van der Waals surface area contributed by atoms with E-state index in [0.717, 1.165) is 74.7 Å². The van der Waals surface area contributed by atoms with Gasteiger partial charge in [0.25, 0.3) is 0 Å². The number of nitrogens with zero attached hydrogens (tertiary/aromatic N) is 4. The summed E-state index contributed by atoms with van der Waals surface area (Å²) >= 11 is 0. The van der Waals surface area contributed by atoms with Crippen molar-refractivity contribution in [3.8, 4) is 45.0 Å². The second-order valence-electron chi connectivity index (χ2n) is 14.7. The first-order chi connectivity index (χ1) is 27.2. The van der Waals surface area contributed by atoms with Crippen LogP contribution in [0.25, 0.3) is 61.9 Å². The minimum atomic E-state index is 0.265. The van der Waals surface area contributed by atoms with Gasteiger partial charge in [-0.3, -0.25) is 0 Å². The molecule has 4 nitrogen and oxygen atoms in total. The van der Waals surface area contributed by atoms with Gasteiger partial charge < -0.3 is 4.90 Å². The molecule has 0 radical (unpaired) electrons. The van der Waals surface area contributed by atoms with E-state index in [2.05, 4.69) is 187 Å². The minimum Gasteiger partial charge on any atom is -0.330 e. The zero-order valence-electron chi connectivity index (χ0n) is 30.2. The van der Waals surface area contributed by atoms with Crippen molar-refractivity contribution in [3.05, 3.63) is 198 Å². The largest absolute Gasteiger partial charge is 0.330 e. The van der Waals surface area contributed by atoms with Crippen LogP contribution in [0.5, 0.6) is 0 Å². The average molecular weight is 705 g/mol. The molecule has 11 rings (SSSR count). The molecule has 4 heteroatoms. The Morgan fingerprint density at radius 3 is 2.33 bits per heavy atom. The fourth-order valence-corrected chi connectivity index (χ4v) is 8.75. The zero-order valence-corrected chi connectivity index (χ0v) is 30.2. The summed E-state index contributed by atoms with van der Waals surface area (Å²) in [4.78, 5) is 18.3. The van der Waals surface area contributed by atoms with Gasteiger partial charge in [-0.15, -0.1) is 0 Å². The summed E-state index contributed by atoms with van der Waals surface area (Å²) in [6.45, 7) is 0. The molecule has 4 aliphatic rings. The summed E-state index contributed by atoms with van der Waals surface area (Å²) in [6, 6.07) is 50.0. The molecule has 0 amide bonds. The molecule has 6 aromatic carbocycles. The number of aromatic nitrogens is 2. The van der Waals surface area contributed by atoms with Gasteiger partial charge in [-0.1, -0.05) is 152 Å². The first kappa shape index (κ1) is 31.6. The number of benzene rings is 6. The van der Waals surface area contributed by atoms with E-state index in [-0.39, 0.29) is 6.04 Å². The number of anilines is 1. The Hall–Kier alpha value is -6.91. The number of hydrogen-bond acceptors (Lipinski definition) is 4. The number of hydrogen-bond donors (Lipinski definition) is 0. The summed E-state index contributed by atoms with van der Waals surface area (Å²) in [5.74, 6) is 1.06. The Morgan fingerprint density at radius 1 is 0.600 bits per heavy atom. The van der Waals surface area contributed by atoms with E-state index in [9.17, 15) is 0 Å². The number of aliphatic imine (C=N–C) groups is 1. The predicted octanol–water partition coefficient (Wildman–Crippen LogP) is 12.2. The Bertz CT molecular complexity index is 2830. The topological polar surface area (TPSA) is 41.4 Å². The first-order valence-corrected chi connectivity index (χ1v) is 19.2. The maximum Gasteiger partial charge on any atom is 0.161 e. The van der Waals surface area contributed by atoms with Gasteiger partial charge in [0, 0.05) is 28.2 Å². The Balaban J connectivity index is 0.993. The molecule has 2 unspecified atom stereocenters. The van der Waals surface area contributed by atoms with Crippen LogP contribution < -0.4 is 4.90 Å². The van der Waals surface area contributed by atoms with Crippen LogP contribution in [0.2, 0.25) is 0 Å². The third kappa shape index (κ3) is 5.41. The van der Waals surface area contributed by atoms with Crippen LogP contribution >= 0.6 is 0 Å². The molecular weight excluding hydrogens is 669 g/mol. The van der Waals surface area contributed by atoms with Crippen LogP contribution in [0.1, 0.15) is 23.1 Å². The van der Waals surface area contributed by atoms with Crippen molar-refractivity contribution in [2.24, 2.45) is 10.9 Å². The molecule has 0 bridgehead atoms. The first-order valence-electron chi connectivity index (χ1n) is 19.2. The highest BCUT2D eigenvalue weighted by molar-refractivity contribution is 6.18. The molecule has 2 aliphatic heterocycles. The molecule has 55 heavy (non-hydrogen) atoms. The molecule has 3 heterocycles. The van der Waals surface area contributed by atoms with Crippen molar-refractivity contribution < 1.29 is 0 Å². The van der Waals surface area contributed by atoms with Crippen molar-refractivity contribution in [1.82, 2.24) is 9.97 Å². The van der Waals surface area contributed by atoms with E-state index in [4.69, 9.17) is 15.0 Å². The third-order valence-electron chi connectivity index (χ3n) is 11.4. The highest BCUT2D eigenvalue weighted by Crippen LogP contribution is 2.45. The maximum atomic E-state index is 5.29. The van der Waals surface area contributed by atoms with Gasteiger partial charge in [0.05, 0.1) is 40.2 Å². The average Bonchev–Trinajstić information content (AvgIpc) is 3.66. The van der Waals surface area contributed by atoms with Crippen molar-refractivity contribution in [2.75, 3.05) is 4.90 Å². The van der Waals surface area contributed by atoms with E-state index in [1.807, 2.05) is 0 Å². The molecule has 0 N–H and O–H groups in total. The fourth-order valence-electron chi connectivity index (χ4n) is 8.75. The Morgan fingerprint density at radius 2 is 1.36 bits per heavy atom. The summed E-state index contributed by atoms with van der Waals surface area (Å²) in [6.07, 6.45) is 17.8. The molecule has 0 fully saturated rings. The van der Waals surface area contributed by atoms with Crippen LogP contribution in [-0.2, 0) is 6.42 Å². The van der Waals surface area contributed by atoms with E-state index in [1.54, 1.807) is 0 Å². The lowest BCUT2D eigenvalue weighted by Gasteiger charge is -2.35. The second-order valence-corrected chi connectivity index (χ2v) is 14.7. The van der Waals surface area contributed by atoms with Gasteiger partial charge in [0.2, 0.25) is 0 Å². The molecule has 2 atom stereocenters.